The third-order valence-corrected chi connectivity index (χ3v) is 6.70. The van der Waals surface area contributed by atoms with E-state index in [4.69, 9.17) is 24.9 Å². The number of hydrogen-bond acceptors (Lipinski definition) is 7. The Morgan fingerprint density at radius 2 is 1.97 bits per heavy atom. The third-order valence-electron chi connectivity index (χ3n) is 6.70. The quantitative estimate of drug-likeness (QED) is 0.566. The van der Waals surface area contributed by atoms with Gasteiger partial charge in [-0.05, 0) is 48.7 Å². The van der Waals surface area contributed by atoms with Gasteiger partial charge in [-0.2, -0.15) is 8.78 Å². The van der Waals surface area contributed by atoms with Gasteiger partial charge < -0.3 is 19.9 Å². The third kappa shape index (κ3) is 3.30. The summed E-state index contributed by atoms with van der Waals surface area (Å²) in [4.78, 5) is 12.7. The molecule has 7 nitrogen and oxygen atoms in total. The Hall–Kier alpha value is -3.59. The molecular weight excluding hydrogens is 442 g/mol. The molecule has 1 unspecified atom stereocenters. The fourth-order valence-corrected chi connectivity index (χ4v) is 5.04. The Bertz CT molecular complexity index is 1310. The van der Waals surface area contributed by atoms with E-state index in [0.29, 0.717) is 53.3 Å². The van der Waals surface area contributed by atoms with Crippen LogP contribution in [0.5, 0.6) is 11.5 Å². The molecule has 3 aromatic rings. The molecule has 0 radical (unpaired) electrons. The van der Waals surface area contributed by atoms with Crippen molar-refractivity contribution in [3.63, 3.8) is 0 Å². The lowest BCUT2D eigenvalue weighted by Crippen LogP contribution is -2.39. The first-order chi connectivity index (χ1) is 16.5. The molecule has 0 saturated carbocycles. The number of hydrogen-bond donors (Lipinski definition) is 1. The standard InChI is InChI=1S/C25H22F2N4O3/c26-22-16(4-1-8-29-22)14-5-6-20-17(11-14)25(7-10-33-24(28)31-25)18-12-19(15-3-2-9-32-13-15)30-23(27)21(18)34-20/h1,4-6,8,11-12,15H,2-3,7,9-10,13H2,(H2,28,31)/t15?,25-/m0/s1. The second kappa shape index (κ2) is 8.02. The summed E-state index contributed by atoms with van der Waals surface area (Å²) >= 11 is 0. The summed E-state index contributed by atoms with van der Waals surface area (Å²) in [7, 11) is 0. The molecule has 0 amide bonds. The van der Waals surface area contributed by atoms with Crippen molar-refractivity contribution in [3.05, 3.63) is 71.3 Å². The molecule has 1 spiro atoms. The molecule has 1 saturated heterocycles. The van der Waals surface area contributed by atoms with Gasteiger partial charge in [0.05, 0.1) is 13.2 Å². The van der Waals surface area contributed by atoms with Crippen LogP contribution in [-0.2, 0) is 15.0 Å². The minimum absolute atomic E-state index is 0.00258. The van der Waals surface area contributed by atoms with Crippen LogP contribution in [0.2, 0.25) is 0 Å². The summed E-state index contributed by atoms with van der Waals surface area (Å²) in [5, 5.41) is 0. The fraction of sp³-hybridized carbons (Fsp3) is 0.320. The minimum atomic E-state index is -1.06. The van der Waals surface area contributed by atoms with E-state index in [2.05, 4.69) is 9.97 Å². The number of aliphatic imine (C=N–C) groups is 1. The first kappa shape index (κ1) is 21.0. The maximum Gasteiger partial charge on any atom is 0.283 e. The highest BCUT2D eigenvalue weighted by molar-refractivity contribution is 5.76. The van der Waals surface area contributed by atoms with Crippen LogP contribution < -0.4 is 10.5 Å². The summed E-state index contributed by atoms with van der Waals surface area (Å²) < 4.78 is 46.9. The Balaban J connectivity index is 1.56. The van der Waals surface area contributed by atoms with Gasteiger partial charge >= 0.3 is 0 Å². The predicted molar refractivity (Wildman–Crippen MR) is 120 cm³/mol. The van der Waals surface area contributed by atoms with Crippen LogP contribution in [0.3, 0.4) is 0 Å². The number of halogens is 2. The number of fused-ring (bicyclic) bond motifs is 4. The van der Waals surface area contributed by atoms with Crippen molar-refractivity contribution in [3.8, 4) is 22.6 Å². The van der Waals surface area contributed by atoms with E-state index in [1.54, 1.807) is 24.3 Å². The average molecular weight is 464 g/mol. The predicted octanol–water partition coefficient (Wildman–Crippen LogP) is 4.40. The van der Waals surface area contributed by atoms with Gasteiger partial charge in [-0.15, -0.1) is 0 Å². The zero-order valence-corrected chi connectivity index (χ0v) is 18.3. The molecule has 34 heavy (non-hydrogen) atoms. The molecule has 0 aliphatic carbocycles. The Labute approximate surface area is 194 Å². The van der Waals surface area contributed by atoms with Crippen molar-refractivity contribution in [2.24, 2.45) is 10.7 Å². The molecule has 1 aromatic carbocycles. The molecule has 9 heteroatoms. The lowest BCUT2D eigenvalue weighted by Gasteiger charge is -2.39. The summed E-state index contributed by atoms with van der Waals surface area (Å²) in [6.07, 6.45) is 3.54. The molecule has 3 aliphatic heterocycles. The Morgan fingerprint density at radius 3 is 2.76 bits per heavy atom. The van der Waals surface area contributed by atoms with Crippen LogP contribution in [0, 0.1) is 11.9 Å². The lowest BCUT2D eigenvalue weighted by atomic mass is 9.76. The number of pyridine rings is 2. The van der Waals surface area contributed by atoms with Crippen LogP contribution in [0.1, 0.15) is 42.0 Å². The Kier molecular flexibility index (Phi) is 4.95. The van der Waals surface area contributed by atoms with Crippen LogP contribution in [0.25, 0.3) is 11.1 Å². The number of rotatable bonds is 2. The van der Waals surface area contributed by atoms with Gasteiger partial charge in [0.25, 0.3) is 12.0 Å². The highest BCUT2D eigenvalue weighted by Gasteiger charge is 2.46. The smallest absolute Gasteiger partial charge is 0.283 e. The van der Waals surface area contributed by atoms with Gasteiger partial charge in [0.2, 0.25) is 5.95 Å². The summed E-state index contributed by atoms with van der Waals surface area (Å²) in [6, 6.07) is 10.4. The second-order valence-electron chi connectivity index (χ2n) is 8.69. The Morgan fingerprint density at radius 1 is 1.06 bits per heavy atom. The molecule has 5 heterocycles. The number of nitrogens with two attached hydrogens (primary N) is 1. The van der Waals surface area contributed by atoms with Gasteiger partial charge in [0.1, 0.15) is 11.3 Å². The first-order valence-electron chi connectivity index (χ1n) is 11.3. The molecule has 6 rings (SSSR count). The molecule has 2 atom stereocenters. The number of aromatic nitrogens is 2. The van der Waals surface area contributed by atoms with Crippen molar-refractivity contribution in [1.82, 2.24) is 9.97 Å². The van der Waals surface area contributed by atoms with Gasteiger partial charge in [0, 0.05) is 47.5 Å². The van der Waals surface area contributed by atoms with Crippen LogP contribution in [-0.4, -0.2) is 35.8 Å². The maximum atomic E-state index is 15.4. The van der Waals surface area contributed by atoms with E-state index in [9.17, 15) is 4.39 Å². The van der Waals surface area contributed by atoms with Crippen molar-refractivity contribution in [1.29, 1.82) is 0 Å². The van der Waals surface area contributed by atoms with Crippen molar-refractivity contribution in [2.45, 2.75) is 30.7 Å². The van der Waals surface area contributed by atoms with Crippen molar-refractivity contribution in [2.75, 3.05) is 19.8 Å². The van der Waals surface area contributed by atoms with Crippen molar-refractivity contribution < 1.29 is 23.0 Å². The summed E-state index contributed by atoms with van der Waals surface area (Å²) in [5.41, 5.74) is 7.70. The summed E-state index contributed by atoms with van der Waals surface area (Å²) in [6.45, 7) is 1.45. The van der Waals surface area contributed by atoms with Gasteiger partial charge in [-0.25, -0.2) is 15.0 Å². The highest BCUT2D eigenvalue weighted by atomic mass is 19.1. The zero-order valence-electron chi connectivity index (χ0n) is 18.3. The number of nitrogens with zero attached hydrogens (tertiary/aromatic N) is 3. The van der Waals surface area contributed by atoms with E-state index in [1.807, 2.05) is 12.1 Å². The zero-order chi connectivity index (χ0) is 23.3. The van der Waals surface area contributed by atoms with Gasteiger partial charge in [0.15, 0.2) is 5.75 Å². The SMILES string of the molecule is NC1=N[C@@]2(CCO1)c1cc(-c3cccnc3F)ccc1Oc1c2cc(C2CCCOC2)nc1F. The normalized spacial score (nSPS) is 23.4. The molecule has 2 aromatic heterocycles. The first-order valence-corrected chi connectivity index (χ1v) is 11.3. The topological polar surface area (TPSA) is 91.9 Å². The molecule has 0 bridgehead atoms. The van der Waals surface area contributed by atoms with E-state index < -0.39 is 17.4 Å². The van der Waals surface area contributed by atoms with Crippen LogP contribution >= 0.6 is 0 Å². The van der Waals surface area contributed by atoms with E-state index in [-0.39, 0.29) is 24.3 Å². The second-order valence-corrected chi connectivity index (χ2v) is 8.69. The van der Waals surface area contributed by atoms with Crippen LogP contribution in [0.4, 0.5) is 8.78 Å². The monoisotopic (exact) mass is 464 g/mol. The van der Waals surface area contributed by atoms with Gasteiger partial charge in [-0.1, -0.05) is 6.07 Å². The van der Waals surface area contributed by atoms with Crippen molar-refractivity contribution >= 4 is 6.02 Å². The van der Waals surface area contributed by atoms with E-state index in [1.165, 1.54) is 6.20 Å². The maximum absolute atomic E-state index is 15.4. The van der Waals surface area contributed by atoms with E-state index in [0.717, 1.165) is 12.8 Å². The minimum Gasteiger partial charge on any atom is -0.465 e. The average Bonchev–Trinajstić information content (AvgIpc) is 2.86. The number of benzene rings is 1. The molecule has 2 N–H and O–H groups in total. The molecule has 174 valence electrons. The number of amidine groups is 1. The number of ether oxygens (including phenoxy) is 3. The summed E-state index contributed by atoms with van der Waals surface area (Å²) in [5.74, 6) is -0.881. The lowest BCUT2D eigenvalue weighted by molar-refractivity contribution is 0.0789. The van der Waals surface area contributed by atoms with E-state index >= 15 is 4.39 Å². The molecule has 1 fully saturated rings. The highest BCUT2D eigenvalue weighted by Crippen LogP contribution is 2.53. The largest absolute Gasteiger partial charge is 0.465 e. The fourth-order valence-electron chi connectivity index (χ4n) is 5.04. The van der Waals surface area contributed by atoms with Crippen LogP contribution in [0.15, 0.2) is 47.6 Å². The van der Waals surface area contributed by atoms with Gasteiger partial charge in [-0.3, -0.25) is 0 Å². The molecule has 3 aliphatic rings. The molecular formula is C25H22F2N4O3.